The normalized spacial score (nSPS) is 11.9. The molecule has 4 nitrogen and oxygen atoms in total. The fourth-order valence-electron chi connectivity index (χ4n) is 1.08. The average Bonchev–Trinajstić information content (AvgIpc) is 2.34. The molecule has 0 saturated heterocycles. The molecule has 0 fully saturated rings. The number of alkyl carbamates (subject to hydrolysis) is 1. The van der Waals surface area contributed by atoms with Crippen LogP contribution in [-0.2, 0) is 11.3 Å². The molecule has 1 rings (SSSR count). The van der Waals surface area contributed by atoms with Crippen LogP contribution >= 0.6 is 12.6 Å². The maximum atomic E-state index is 11.3. The van der Waals surface area contributed by atoms with Gasteiger partial charge in [0.05, 0.1) is 12.6 Å². The van der Waals surface area contributed by atoms with Crippen molar-refractivity contribution in [1.29, 1.82) is 0 Å². The van der Waals surface area contributed by atoms with Crippen LogP contribution in [0.25, 0.3) is 0 Å². The highest BCUT2D eigenvalue weighted by atomic mass is 32.1. The Balaban J connectivity index is 2.30. The fourth-order valence-corrected chi connectivity index (χ4v) is 1.29. The van der Waals surface area contributed by atoms with E-state index in [1.807, 2.05) is 30.3 Å². The van der Waals surface area contributed by atoms with Crippen molar-refractivity contribution in [1.82, 2.24) is 5.32 Å². The molecule has 1 aromatic rings. The van der Waals surface area contributed by atoms with Crippen LogP contribution < -0.4 is 5.32 Å². The number of carbonyl (C=O) groups is 1. The van der Waals surface area contributed by atoms with E-state index in [1.54, 1.807) is 0 Å². The van der Waals surface area contributed by atoms with E-state index < -0.39 is 6.09 Å². The maximum absolute atomic E-state index is 11.3. The molecule has 0 heterocycles. The second-order valence-corrected chi connectivity index (χ2v) is 3.63. The van der Waals surface area contributed by atoms with Crippen molar-refractivity contribution in [2.24, 2.45) is 0 Å². The number of ether oxygens (including phenoxy) is 1. The molecule has 0 bridgehead atoms. The second-order valence-electron chi connectivity index (χ2n) is 3.27. The molecule has 0 aliphatic heterocycles. The van der Waals surface area contributed by atoms with Gasteiger partial charge in [-0.05, 0) is 5.56 Å². The molecule has 16 heavy (non-hydrogen) atoms. The molecule has 0 aromatic heterocycles. The highest BCUT2D eigenvalue weighted by molar-refractivity contribution is 7.80. The van der Waals surface area contributed by atoms with Crippen molar-refractivity contribution >= 4 is 18.7 Å². The summed E-state index contributed by atoms with van der Waals surface area (Å²) in [6.07, 6.45) is -0.544. The smallest absolute Gasteiger partial charge is 0.407 e. The average molecular weight is 241 g/mol. The van der Waals surface area contributed by atoms with Gasteiger partial charge in [-0.1, -0.05) is 30.3 Å². The molecule has 5 heteroatoms. The van der Waals surface area contributed by atoms with Gasteiger partial charge >= 0.3 is 6.09 Å². The summed E-state index contributed by atoms with van der Waals surface area (Å²) in [5, 5.41) is 11.3. The van der Waals surface area contributed by atoms with Crippen LogP contribution in [0.3, 0.4) is 0 Å². The van der Waals surface area contributed by atoms with E-state index in [1.165, 1.54) is 0 Å². The molecule has 2 N–H and O–H groups in total. The van der Waals surface area contributed by atoms with Crippen LogP contribution in [0.15, 0.2) is 30.3 Å². The molecule has 1 aromatic carbocycles. The summed E-state index contributed by atoms with van der Waals surface area (Å²) in [5.74, 6) is 0.372. The summed E-state index contributed by atoms with van der Waals surface area (Å²) >= 11 is 3.98. The van der Waals surface area contributed by atoms with E-state index in [4.69, 9.17) is 9.84 Å². The van der Waals surface area contributed by atoms with Gasteiger partial charge in [-0.2, -0.15) is 12.6 Å². The number of amides is 1. The Kier molecular flexibility index (Phi) is 5.74. The summed E-state index contributed by atoms with van der Waals surface area (Å²) in [4.78, 5) is 11.3. The van der Waals surface area contributed by atoms with Crippen molar-refractivity contribution in [2.45, 2.75) is 12.6 Å². The number of carbonyl (C=O) groups excluding carboxylic acids is 1. The number of nitrogens with one attached hydrogen (secondary N) is 1. The van der Waals surface area contributed by atoms with Crippen molar-refractivity contribution < 1.29 is 14.6 Å². The number of hydrogen-bond donors (Lipinski definition) is 3. The van der Waals surface area contributed by atoms with Crippen LogP contribution in [0, 0.1) is 0 Å². The molecule has 0 spiro atoms. The van der Waals surface area contributed by atoms with Crippen molar-refractivity contribution in [3.05, 3.63) is 35.9 Å². The first-order valence-electron chi connectivity index (χ1n) is 4.95. The summed E-state index contributed by atoms with van der Waals surface area (Å²) in [6, 6.07) is 9.02. The lowest BCUT2D eigenvalue weighted by Crippen LogP contribution is -2.39. The predicted octanol–water partition coefficient (Wildman–Crippen LogP) is 1.20. The largest absolute Gasteiger partial charge is 0.445 e. The third-order valence-corrected chi connectivity index (χ3v) is 2.42. The summed E-state index contributed by atoms with van der Waals surface area (Å²) < 4.78 is 4.97. The molecular weight excluding hydrogens is 226 g/mol. The quantitative estimate of drug-likeness (QED) is 0.679. The molecule has 88 valence electrons. The van der Waals surface area contributed by atoms with Crippen molar-refractivity contribution in [3.63, 3.8) is 0 Å². The molecule has 0 saturated carbocycles. The summed E-state index contributed by atoms with van der Waals surface area (Å²) in [5.41, 5.74) is 0.920. The molecule has 0 aliphatic carbocycles. The van der Waals surface area contributed by atoms with E-state index in [0.29, 0.717) is 5.75 Å². The van der Waals surface area contributed by atoms with E-state index in [2.05, 4.69) is 17.9 Å². The lowest BCUT2D eigenvalue weighted by Gasteiger charge is -2.13. The Bertz CT molecular complexity index is 314. The molecular formula is C11H15NO3S. The van der Waals surface area contributed by atoms with Gasteiger partial charge < -0.3 is 15.2 Å². The van der Waals surface area contributed by atoms with Gasteiger partial charge in [-0.15, -0.1) is 0 Å². The molecule has 1 amide bonds. The summed E-state index contributed by atoms with van der Waals surface area (Å²) in [7, 11) is 0. The van der Waals surface area contributed by atoms with Gasteiger partial charge in [-0.25, -0.2) is 4.79 Å². The van der Waals surface area contributed by atoms with Gasteiger partial charge in [-0.3, -0.25) is 0 Å². The Morgan fingerprint density at radius 1 is 1.44 bits per heavy atom. The third-order valence-electron chi connectivity index (χ3n) is 1.98. The minimum absolute atomic E-state index is 0.149. The van der Waals surface area contributed by atoms with Gasteiger partial charge in [0.1, 0.15) is 6.61 Å². The minimum Gasteiger partial charge on any atom is -0.445 e. The monoisotopic (exact) mass is 241 g/mol. The highest BCUT2D eigenvalue weighted by Crippen LogP contribution is 2.00. The first-order chi connectivity index (χ1) is 7.76. The standard InChI is InChI=1S/C11H15NO3S/c13-6-10(8-16)12-11(14)15-7-9-4-2-1-3-5-9/h1-5,10,13,16H,6-8H2,(H,12,14)/t10-/m1/s1. The Morgan fingerprint density at radius 3 is 2.69 bits per heavy atom. The van der Waals surface area contributed by atoms with Crippen LogP contribution in [0.1, 0.15) is 5.56 Å². The zero-order valence-corrected chi connectivity index (χ0v) is 9.69. The lowest BCUT2D eigenvalue weighted by molar-refractivity contribution is 0.131. The number of aliphatic hydroxyl groups is 1. The number of rotatable bonds is 5. The van der Waals surface area contributed by atoms with E-state index in [0.717, 1.165) is 5.56 Å². The first-order valence-corrected chi connectivity index (χ1v) is 5.58. The molecule has 0 aliphatic rings. The number of thiol groups is 1. The molecule has 0 unspecified atom stereocenters. The van der Waals surface area contributed by atoms with E-state index in [-0.39, 0.29) is 19.3 Å². The first kappa shape index (κ1) is 12.9. The SMILES string of the molecule is O=C(N[C@H](CO)CS)OCc1ccccc1. The number of hydrogen-bond acceptors (Lipinski definition) is 4. The Hall–Kier alpha value is -1.20. The third kappa shape index (κ3) is 4.55. The number of benzene rings is 1. The van der Waals surface area contributed by atoms with Crippen LogP contribution in [0.4, 0.5) is 4.79 Å². The highest BCUT2D eigenvalue weighted by Gasteiger charge is 2.09. The zero-order valence-electron chi connectivity index (χ0n) is 8.80. The Morgan fingerprint density at radius 2 is 2.12 bits per heavy atom. The van der Waals surface area contributed by atoms with Crippen LogP contribution in [0.2, 0.25) is 0 Å². The topological polar surface area (TPSA) is 58.6 Å². The van der Waals surface area contributed by atoms with Gasteiger partial charge in [0.25, 0.3) is 0 Å². The molecule has 0 radical (unpaired) electrons. The second kappa shape index (κ2) is 7.14. The van der Waals surface area contributed by atoms with E-state index >= 15 is 0 Å². The minimum atomic E-state index is -0.544. The maximum Gasteiger partial charge on any atom is 0.407 e. The van der Waals surface area contributed by atoms with Gasteiger partial charge in [0.2, 0.25) is 0 Å². The van der Waals surface area contributed by atoms with Gasteiger partial charge in [0, 0.05) is 5.75 Å². The van der Waals surface area contributed by atoms with Crippen molar-refractivity contribution in [3.8, 4) is 0 Å². The summed E-state index contributed by atoms with van der Waals surface area (Å²) in [6.45, 7) is 0.0708. The predicted molar refractivity (Wildman–Crippen MR) is 64.5 cm³/mol. The van der Waals surface area contributed by atoms with Gasteiger partial charge in [0.15, 0.2) is 0 Å². The van der Waals surface area contributed by atoms with Crippen LogP contribution in [-0.4, -0.2) is 29.6 Å². The van der Waals surface area contributed by atoms with E-state index in [9.17, 15) is 4.79 Å². The van der Waals surface area contributed by atoms with Crippen molar-refractivity contribution in [2.75, 3.05) is 12.4 Å². The molecule has 1 atom stereocenters. The lowest BCUT2D eigenvalue weighted by atomic mass is 10.2. The Labute approximate surface area is 100 Å². The van der Waals surface area contributed by atoms with Crippen LogP contribution in [0.5, 0.6) is 0 Å². The zero-order chi connectivity index (χ0) is 11.8. The number of aliphatic hydroxyl groups excluding tert-OH is 1. The fraction of sp³-hybridized carbons (Fsp3) is 0.364.